The van der Waals surface area contributed by atoms with Crippen LogP contribution >= 0.6 is 22.9 Å². The summed E-state index contributed by atoms with van der Waals surface area (Å²) in [6.45, 7) is 3.77. The number of hydrogen-bond donors (Lipinski definition) is 3. The van der Waals surface area contributed by atoms with Gasteiger partial charge in [-0.15, -0.1) is 11.3 Å². The van der Waals surface area contributed by atoms with Crippen LogP contribution < -0.4 is 10.0 Å². The minimum absolute atomic E-state index is 0.123. The van der Waals surface area contributed by atoms with Crippen molar-refractivity contribution >= 4 is 38.9 Å². The third-order valence-corrected chi connectivity index (χ3v) is 6.83. The van der Waals surface area contributed by atoms with Crippen LogP contribution in [0.3, 0.4) is 0 Å². The molecule has 3 N–H and O–H groups in total. The number of halogens is 1. The molecule has 2 aromatic rings. The molecule has 1 heterocycles. The van der Waals surface area contributed by atoms with Gasteiger partial charge in [0.25, 0.3) is 5.91 Å². The van der Waals surface area contributed by atoms with Gasteiger partial charge in [0.1, 0.15) is 4.21 Å². The fourth-order valence-electron chi connectivity index (χ4n) is 1.89. The SMILES string of the molecule is CC(C)(CO)CNS(=O)(=O)c1ccc(CNC(=O)c2ccc(Cl)cc2)s1. The zero-order chi connectivity index (χ0) is 19.4. The fourth-order valence-corrected chi connectivity index (χ4v) is 4.59. The van der Waals surface area contributed by atoms with Gasteiger partial charge in [0.2, 0.25) is 10.0 Å². The number of aliphatic hydroxyl groups is 1. The van der Waals surface area contributed by atoms with Gasteiger partial charge in [0.05, 0.1) is 6.54 Å². The van der Waals surface area contributed by atoms with E-state index in [4.69, 9.17) is 11.6 Å². The maximum absolute atomic E-state index is 12.3. The van der Waals surface area contributed by atoms with Crippen molar-refractivity contribution in [2.45, 2.75) is 24.6 Å². The Morgan fingerprint density at radius 2 is 1.85 bits per heavy atom. The van der Waals surface area contributed by atoms with E-state index in [1.165, 1.54) is 6.07 Å². The molecule has 9 heteroatoms. The Bertz CT molecular complexity index is 861. The van der Waals surface area contributed by atoms with E-state index in [2.05, 4.69) is 10.0 Å². The summed E-state index contributed by atoms with van der Waals surface area (Å²) in [4.78, 5) is 12.8. The molecule has 2 rings (SSSR count). The van der Waals surface area contributed by atoms with Gasteiger partial charge in [-0.3, -0.25) is 4.79 Å². The highest BCUT2D eigenvalue weighted by Crippen LogP contribution is 2.22. The van der Waals surface area contributed by atoms with Crippen LogP contribution in [0.2, 0.25) is 5.02 Å². The molecule has 1 amide bonds. The number of rotatable bonds is 8. The van der Waals surface area contributed by atoms with Crippen LogP contribution in [0.25, 0.3) is 0 Å². The summed E-state index contributed by atoms with van der Waals surface area (Å²) in [6, 6.07) is 9.67. The van der Waals surface area contributed by atoms with Crippen molar-refractivity contribution in [3.63, 3.8) is 0 Å². The van der Waals surface area contributed by atoms with Crippen LogP contribution in [0.5, 0.6) is 0 Å². The molecule has 26 heavy (non-hydrogen) atoms. The molecule has 0 spiro atoms. The summed E-state index contributed by atoms with van der Waals surface area (Å²) in [5.41, 5.74) is -0.0635. The second kappa shape index (κ2) is 8.49. The van der Waals surface area contributed by atoms with E-state index in [0.29, 0.717) is 15.5 Å². The second-order valence-electron chi connectivity index (χ2n) is 6.56. The number of nitrogens with one attached hydrogen (secondary N) is 2. The van der Waals surface area contributed by atoms with Gasteiger partial charge >= 0.3 is 0 Å². The molecule has 0 atom stereocenters. The number of amides is 1. The van der Waals surface area contributed by atoms with E-state index >= 15 is 0 Å². The molecule has 0 fully saturated rings. The van der Waals surface area contributed by atoms with E-state index in [1.54, 1.807) is 44.2 Å². The highest BCUT2D eigenvalue weighted by Gasteiger charge is 2.23. The highest BCUT2D eigenvalue weighted by molar-refractivity contribution is 7.91. The van der Waals surface area contributed by atoms with Crippen LogP contribution in [-0.4, -0.2) is 32.6 Å². The molecule has 0 radical (unpaired) electrons. The lowest BCUT2D eigenvalue weighted by atomic mass is 9.96. The smallest absolute Gasteiger partial charge is 0.251 e. The van der Waals surface area contributed by atoms with Crippen molar-refractivity contribution < 1.29 is 18.3 Å². The molecule has 142 valence electrons. The fraction of sp³-hybridized carbons (Fsp3) is 0.353. The maximum Gasteiger partial charge on any atom is 0.251 e. The van der Waals surface area contributed by atoms with Crippen molar-refractivity contribution in [1.29, 1.82) is 0 Å². The largest absolute Gasteiger partial charge is 0.396 e. The van der Waals surface area contributed by atoms with E-state index in [-0.39, 0.29) is 29.8 Å². The van der Waals surface area contributed by atoms with Gasteiger partial charge in [-0.05, 0) is 36.4 Å². The Balaban J connectivity index is 1.96. The maximum atomic E-state index is 12.3. The third-order valence-electron chi connectivity index (χ3n) is 3.60. The second-order valence-corrected chi connectivity index (χ2v) is 10.2. The number of benzene rings is 1. The predicted octanol–water partition coefficient (Wildman–Crippen LogP) is 2.63. The van der Waals surface area contributed by atoms with Crippen LogP contribution in [0.1, 0.15) is 29.1 Å². The number of hydrogen-bond acceptors (Lipinski definition) is 5. The molecule has 0 aliphatic rings. The Hall–Kier alpha value is -1.45. The van der Waals surface area contributed by atoms with E-state index in [0.717, 1.165) is 11.3 Å². The summed E-state index contributed by atoms with van der Waals surface area (Å²) in [5.74, 6) is -0.262. The third kappa shape index (κ3) is 5.78. The van der Waals surface area contributed by atoms with Crippen LogP contribution in [-0.2, 0) is 16.6 Å². The molecule has 1 aromatic carbocycles. The van der Waals surface area contributed by atoms with Gasteiger partial charge < -0.3 is 10.4 Å². The minimum atomic E-state index is -3.65. The number of aliphatic hydroxyl groups excluding tert-OH is 1. The minimum Gasteiger partial charge on any atom is -0.396 e. The predicted molar refractivity (Wildman–Crippen MR) is 103 cm³/mol. The summed E-state index contributed by atoms with van der Waals surface area (Å²) < 4.78 is 27.3. The Labute approximate surface area is 162 Å². The van der Waals surface area contributed by atoms with Crippen LogP contribution in [0.4, 0.5) is 0 Å². The van der Waals surface area contributed by atoms with Gasteiger partial charge in [-0.1, -0.05) is 25.4 Å². The summed E-state index contributed by atoms with van der Waals surface area (Å²) >= 11 is 6.88. The molecule has 1 aromatic heterocycles. The van der Waals surface area contributed by atoms with Crippen molar-refractivity contribution in [3.8, 4) is 0 Å². The van der Waals surface area contributed by atoms with Gasteiger partial charge in [0.15, 0.2) is 0 Å². The Kier molecular flexibility index (Phi) is 6.81. The number of thiophene rings is 1. The zero-order valence-corrected chi connectivity index (χ0v) is 16.8. The van der Waals surface area contributed by atoms with Crippen molar-refractivity contribution in [3.05, 3.63) is 51.9 Å². The summed E-state index contributed by atoms with van der Waals surface area (Å²) in [6.07, 6.45) is 0. The molecule has 0 aliphatic carbocycles. The van der Waals surface area contributed by atoms with Crippen molar-refractivity contribution in [1.82, 2.24) is 10.0 Å². The van der Waals surface area contributed by atoms with E-state index in [9.17, 15) is 18.3 Å². The van der Waals surface area contributed by atoms with Gasteiger partial charge in [-0.25, -0.2) is 13.1 Å². The number of sulfonamides is 1. The van der Waals surface area contributed by atoms with Gasteiger partial charge in [0, 0.05) is 34.0 Å². The molecule has 0 bridgehead atoms. The first-order valence-corrected chi connectivity index (χ1v) is 10.5. The lowest BCUT2D eigenvalue weighted by molar-refractivity contribution is 0.0951. The molecule has 0 unspecified atom stereocenters. The first-order chi connectivity index (χ1) is 12.1. The highest BCUT2D eigenvalue weighted by atomic mass is 35.5. The van der Waals surface area contributed by atoms with E-state index < -0.39 is 15.4 Å². The molecule has 0 aliphatic heterocycles. The molecule has 0 saturated carbocycles. The average Bonchev–Trinajstić information content (AvgIpc) is 3.09. The Morgan fingerprint density at radius 3 is 2.46 bits per heavy atom. The van der Waals surface area contributed by atoms with E-state index in [1.807, 2.05) is 0 Å². The molecular weight excluding hydrogens is 396 g/mol. The topological polar surface area (TPSA) is 95.5 Å². The Morgan fingerprint density at radius 1 is 1.19 bits per heavy atom. The van der Waals surface area contributed by atoms with Crippen LogP contribution in [0, 0.1) is 5.41 Å². The summed E-state index contributed by atoms with van der Waals surface area (Å²) in [5, 5.41) is 12.5. The number of carbonyl (C=O) groups excluding carboxylic acids is 1. The molecular formula is C17H21ClN2O4S2. The zero-order valence-electron chi connectivity index (χ0n) is 14.5. The average molecular weight is 417 g/mol. The summed E-state index contributed by atoms with van der Waals surface area (Å²) in [7, 11) is -3.65. The lowest BCUT2D eigenvalue weighted by Crippen LogP contribution is -2.35. The lowest BCUT2D eigenvalue weighted by Gasteiger charge is -2.21. The quantitative estimate of drug-likeness (QED) is 0.616. The monoisotopic (exact) mass is 416 g/mol. The van der Waals surface area contributed by atoms with Crippen molar-refractivity contribution in [2.24, 2.45) is 5.41 Å². The van der Waals surface area contributed by atoms with Crippen LogP contribution in [0.15, 0.2) is 40.6 Å². The normalized spacial score (nSPS) is 12.2. The van der Waals surface area contributed by atoms with Gasteiger partial charge in [-0.2, -0.15) is 0 Å². The first kappa shape index (κ1) is 20.9. The standard InChI is InChI=1S/C17H21ClN2O4S2/c1-17(2,11-21)10-20-26(23,24)15-8-7-14(25-15)9-19-16(22)12-3-5-13(18)6-4-12/h3-8,20-21H,9-11H2,1-2H3,(H,19,22). The molecule has 0 saturated heterocycles. The first-order valence-electron chi connectivity index (χ1n) is 7.86. The molecule has 6 nitrogen and oxygen atoms in total. The number of carbonyl (C=O) groups is 1. The van der Waals surface area contributed by atoms with Crippen molar-refractivity contribution in [2.75, 3.05) is 13.2 Å².